The Labute approximate surface area is 109 Å². The van der Waals surface area contributed by atoms with Crippen LogP contribution in [0.25, 0.3) is 0 Å². The number of sulfonamides is 1. The molecule has 0 aliphatic carbocycles. The van der Waals surface area contributed by atoms with E-state index in [0.717, 1.165) is 0 Å². The molecule has 18 heavy (non-hydrogen) atoms. The Bertz CT molecular complexity index is 493. The van der Waals surface area contributed by atoms with Crippen LogP contribution in [0, 0.1) is 5.41 Å². The summed E-state index contributed by atoms with van der Waals surface area (Å²) in [5, 5.41) is 0.0830. The minimum Gasteiger partial charge on any atom is -0.339 e. The normalized spacial score (nSPS) is 13.2. The quantitative estimate of drug-likeness (QED) is 0.815. The fourth-order valence-corrected chi connectivity index (χ4v) is 3.17. The van der Waals surface area contributed by atoms with Gasteiger partial charge in [0.25, 0.3) is 10.0 Å². The van der Waals surface area contributed by atoms with Gasteiger partial charge in [-0.15, -0.1) is 0 Å². The summed E-state index contributed by atoms with van der Waals surface area (Å²) in [4.78, 5) is 3.91. The van der Waals surface area contributed by atoms with Crippen LogP contribution in [-0.4, -0.2) is 41.9 Å². The first-order valence-electron chi connectivity index (χ1n) is 5.91. The van der Waals surface area contributed by atoms with E-state index in [1.54, 1.807) is 11.6 Å². The standard InChI is InChI=1S/C11H22N4O2S/c1-5-15(8-11(2,3)7-12)18(16,17)10-6-14(4)9-13-10/h6,9H,5,7-8,12H2,1-4H3. The molecule has 1 heterocycles. The monoisotopic (exact) mass is 274 g/mol. The summed E-state index contributed by atoms with van der Waals surface area (Å²) in [6.07, 6.45) is 2.99. The van der Waals surface area contributed by atoms with Gasteiger partial charge in [0.15, 0.2) is 5.03 Å². The maximum Gasteiger partial charge on any atom is 0.262 e. The molecule has 0 spiro atoms. The van der Waals surface area contributed by atoms with Crippen molar-refractivity contribution < 1.29 is 8.42 Å². The Morgan fingerprint density at radius 1 is 1.50 bits per heavy atom. The number of imidazole rings is 1. The molecule has 0 aromatic carbocycles. The van der Waals surface area contributed by atoms with Gasteiger partial charge in [-0.25, -0.2) is 13.4 Å². The second-order valence-corrected chi connectivity index (χ2v) is 7.06. The molecule has 0 saturated heterocycles. The summed E-state index contributed by atoms with van der Waals surface area (Å²) >= 11 is 0. The molecule has 0 amide bonds. The van der Waals surface area contributed by atoms with Crippen molar-refractivity contribution in [2.45, 2.75) is 25.8 Å². The molecular weight excluding hydrogens is 252 g/mol. The predicted octanol–water partition coefficient (Wildman–Crippen LogP) is 0.416. The van der Waals surface area contributed by atoms with Crippen LogP contribution in [0.2, 0.25) is 0 Å². The maximum absolute atomic E-state index is 12.4. The molecule has 0 fully saturated rings. The van der Waals surface area contributed by atoms with E-state index >= 15 is 0 Å². The molecule has 0 saturated carbocycles. The SMILES string of the molecule is CCN(CC(C)(C)CN)S(=O)(=O)c1cn(C)cn1. The van der Waals surface area contributed by atoms with Crippen molar-refractivity contribution in [2.24, 2.45) is 18.2 Å². The Morgan fingerprint density at radius 2 is 2.11 bits per heavy atom. The molecule has 7 heteroatoms. The number of nitrogens with two attached hydrogens (primary N) is 1. The van der Waals surface area contributed by atoms with Gasteiger partial charge in [0.2, 0.25) is 0 Å². The maximum atomic E-state index is 12.4. The number of hydrogen-bond donors (Lipinski definition) is 1. The number of hydrogen-bond acceptors (Lipinski definition) is 4. The lowest BCUT2D eigenvalue weighted by atomic mass is 9.94. The van der Waals surface area contributed by atoms with Crippen molar-refractivity contribution in [3.05, 3.63) is 12.5 Å². The van der Waals surface area contributed by atoms with Gasteiger partial charge in [-0.2, -0.15) is 4.31 Å². The fourth-order valence-electron chi connectivity index (χ4n) is 1.56. The van der Waals surface area contributed by atoms with Crippen molar-refractivity contribution in [3.8, 4) is 0 Å². The van der Waals surface area contributed by atoms with Crippen molar-refractivity contribution in [1.82, 2.24) is 13.9 Å². The lowest BCUT2D eigenvalue weighted by Gasteiger charge is -2.29. The molecule has 0 atom stereocenters. The summed E-state index contributed by atoms with van der Waals surface area (Å²) in [7, 11) is -1.79. The molecule has 1 aromatic rings. The van der Waals surface area contributed by atoms with Crippen LogP contribution in [0.15, 0.2) is 17.6 Å². The van der Waals surface area contributed by atoms with E-state index in [-0.39, 0.29) is 10.4 Å². The lowest BCUT2D eigenvalue weighted by Crippen LogP contribution is -2.42. The van der Waals surface area contributed by atoms with Crippen molar-refractivity contribution in [1.29, 1.82) is 0 Å². The summed E-state index contributed by atoms with van der Waals surface area (Å²) in [6.45, 7) is 6.93. The summed E-state index contributed by atoms with van der Waals surface area (Å²) in [5.41, 5.74) is 5.40. The van der Waals surface area contributed by atoms with Gasteiger partial charge >= 0.3 is 0 Å². The molecule has 0 unspecified atom stereocenters. The average molecular weight is 274 g/mol. The summed E-state index contributed by atoms with van der Waals surface area (Å²) < 4.78 is 27.8. The molecule has 2 N–H and O–H groups in total. The Morgan fingerprint density at radius 3 is 2.50 bits per heavy atom. The molecule has 1 rings (SSSR count). The third-order valence-electron chi connectivity index (χ3n) is 2.80. The third kappa shape index (κ3) is 3.30. The van der Waals surface area contributed by atoms with Gasteiger partial charge in [-0.05, 0) is 12.0 Å². The highest BCUT2D eigenvalue weighted by Crippen LogP contribution is 2.20. The molecule has 0 aliphatic heterocycles. The summed E-state index contributed by atoms with van der Waals surface area (Å²) in [6, 6.07) is 0. The Balaban J connectivity index is 3.01. The Hall–Kier alpha value is -0.920. The van der Waals surface area contributed by atoms with Gasteiger partial charge < -0.3 is 10.3 Å². The van der Waals surface area contributed by atoms with E-state index in [0.29, 0.717) is 19.6 Å². The zero-order chi connectivity index (χ0) is 14.0. The molecule has 0 bridgehead atoms. The topological polar surface area (TPSA) is 81.2 Å². The average Bonchev–Trinajstić information content (AvgIpc) is 2.73. The molecule has 0 radical (unpaired) electrons. The van der Waals surface area contributed by atoms with Crippen molar-refractivity contribution in [3.63, 3.8) is 0 Å². The van der Waals surface area contributed by atoms with Crippen molar-refractivity contribution in [2.75, 3.05) is 19.6 Å². The highest BCUT2D eigenvalue weighted by molar-refractivity contribution is 7.89. The number of nitrogens with zero attached hydrogens (tertiary/aromatic N) is 3. The van der Waals surface area contributed by atoms with Crippen LogP contribution < -0.4 is 5.73 Å². The zero-order valence-electron chi connectivity index (χ0n) is 11.4. The van der Waals surface area contributed by atoms with Gasteiger partial charge in [0.1, 0.15) is 0 Å². The zero-order valence-corrected chi connectivity index (χ0v) is 12.2. The highest BCUT2D eigenvalue weighted by Gasteiger charge is 2.30. The van der Waals surface area contributed by atoms with E-state index in [4.69, 9.17) is 5.73 Å². The van der Waals surface area contributed by atoms with Gasteiger partial charge in [-0.3, -0.25) is 0 Å². The first-order valence-corrected chi connectivity index (χ1v) is 7.35. The van der Waals surface area contributed by atoms with E-state index in [2.05, 4.69) is 4.98 Å². The van der Waals surface area contributed by atoms with Crippen molar-refractivity contribution >= 4 is 10.0 Å². The number of rotatable bonds is 6. The third-order valence-corrected chi connectivity index (χ3v) is 4.60. The smallest absolute Gasteiger partial charge is 0.262 e. The minimum atomic E-state index is -3.53. The second kappa shape index (κ2) is 5.38. The lowest BCUT2D eigenvalue weighted by molar-refractivity contribution is 0.272. The summed E-state index contributed by atoms with van der Waals surface area (Å²) in [5.74, 6) is 0. The molecule has 104 valence electrons. The van der Waals surface area contributed by atoms with Gasteiger partial charge in [-0.1, -0.05) is 20.8 Å². The van der Waals surface area contributed by atoms with Gasteiger partial charge in [0.05, 0.1) is 6.33 Å². The Kier molecular flexibility index (Phi) is 4.52. The number of aryl methyl sites for hydroxylation is 1. The molecular formula is C11H22N4O2S. The van der Waals surface area contributed by atoms with Crippen LogP contribution in [0.4, 0.5) is 0 Å². The molecule has 0 aliphatic rings. The van der Waals surface area contributed by atoms with Gasteiger partial charge in [0, 0.05) is 26.3 Å². The van der Waals surface area contributed by atoms with E-state index in [1.807, 2.05) is 20.8 Å². The highest BCUT2D eigenvalue weighted by atomic mass is 32.2. The van der Waals surface area contributed by atoms with E-state index < -0.39 is 10.0 Å². The second-order valence-electron chi connectivity index (χ2n) is 5.18. The van der Waals surface area contributed by atoms with Crippen LogP contribution in [0.1, 0.15) is 20.8 Å². The van der Waals surface area contributed by atoms with E-state index in [1.165, 1.54) is 16.8 Å². The van der Waals surface area contributed by atoms with Crippen LogP contribution >= 0.6 is 0 Å². The van der Waals surface area contributed by atoms with Crippen LogP contribution in [0.5, 0.6) is 0 Å². The minimum absolute atomic E-state index is 0.0830. The number of aromatic nitrogens is 2. The fraction of sp³-hybridized carbons (Fsp3) is 0.727. The van der Waals surface area contributed by atoms with Crippen LogP contribution in [-0.2, 0) is 17.1 Å². The van der Waals surface area contributed by atoms with Crippen LogP contribution in [0.3, 0.4) is 0 Å². The molecule has 1 aromatic heterocycles. The van der Waals surface area contributed by atoms with E-state index in [9.17, 15) is 8.42 Å². The predicted molar refractivity (Wildman–Crippen MR) is 70.5 cm³/mol. The first-order chi connectivity index (χ1) is 8.23. The first kappa shape index (κ1) is 15.1. The molecule has 6 nitrogen and oxygen atoms in total. The largest absolute Gasteiger partial charge is 0.339 e.